The molecular weight excluding hydrogens is 296 g/mol. The normalized spacial score (nSPS) is 12.2. The molecule has 0 atom stereocenters. The SMILES string of the molecule is CC(C)NCc1cc(S(=O)(=O)NCc2ccco2)cs1. The second-order valence-corrected chi connectivity index (χ2v) is 7.45. The molecule has 20 heavy (non-hydrogen) atoms. The first-order chi connectivity index (χ1) is 9.47. The summed E-state index contributed by atoms with van der Waals surface area (Å²) in [5, 5.41) is 4.92. The molecule has 0 aromatic carbocycles. The summed E-state index contributed by atoms with van der Waals surface area (Å²) < 4.78 is 31.8. The van der Waals surface area contributed by atoms with Crippen LogP contribution in [0, 0.1) is 0 Å². The van der Waals surface area contributed by atoms with E-state index in [4.69, 9.17) is 4.42 Å². The summed E-state index contributed by atoms with van der Waals surface area (Å²) in [6.45, 7) is 4.94. The Morgan fingerprint density at radius 2 is 2.15 bits per heavy atom. The zero-order valence-corrected chi connectivity index (χ0v) is 13.1. The Balaban J connectivity index is 1.98. The molecule has 0 spiro atoms. The highest BCUT2D eigenvalue weighted by Crippen LogP contribution is 2.19. The van der Waals surface area contributed by atoms with Gasteiger partial charge in [-0.2, -0.15) is 0 Å². The summed E-state index contributed by atoms with van der Waals surface area (Å²) in [7, 11) is -3.48. The van der Waals surface area contributed by atoms with Gasteiger partial charge in [-0.3, -0.25) is 0 Å². The van der Waals surface area contributed by atoms with Crippen LogP contribution >= 0.6 is 11.3 Å². The average Bonchev–Trinajstić information content (AvgIpc) is 3.05. The maximum absolute atomic E-state index is 12.1. The van der Waals surface area contributed by atoms with Gasteiger partial charge in [0.05, 0.1) is 17.7 Å². The molecule has 2 aromatic rings. The van der Waals surface area contributed by atoms with Gasteiger partial charge >= 0.3 is 0 Å². The van der Waals surface area contributed by atoms with Crippen molar-refractivity contribution >= 4 is 21.4 Å². The van der Waals surface area contributed by atoms with Gasteiger partial charge in [0.2, 0.25) is 10.0 Å². The summed E-state index contributed by atoms with van der Waals surface area (Å²) in [6.07, 6.45) is 1.52. The molecule has 0 amide bonds. The van der Waals surface area contributed by atoms with Crippen LogP contribution in [0.25, 0.3) is 0 Å². The average molecular weight is 314 g/mol. The van der Waals surface area contributed by atoms with Gasteiger partial charge in [0, 0.05) is 22.8 Å². The van der Waals surface area contributed by atoms with Gasteiger partial charge in [0.1, 0.15) is 5.76 Å². The highest BCUT2D eigenvalue weighted by atomic mass is 32.2. The van der Waals surface area contributed by atoms with Crippen molar-refractivity contribution in [3.8, 4) is 0 Å². The van der Waals surface area contributed by atoms with Gasteiger partial charge in [0.25, 0.3) is 0 Å². The number of sulfonamides is 1. The summed E-state index contributed by atoms with van der Waals surface area (Å²) in [4.78, 5) is 1.30. The lowest BCUT2D eigenvalue weighted by atomic mass is 10.4. The van der Waals surface area contributed by atoms with Crippen molar-refractivity contribution < 1.29 is 12.8 Å². The minimum Gasteiger partial charge on any atom is -0.468 e. The van der Waals surface area contributed by atoms with Crippen molar-refractivity contribution in [2.45, 2.75) is 37.9 Å². The van der Waals surface area contributed by atoms with E-state index in [0.29, 0.717) is 23.2 Å². The van der Waals surface area contributed by atoms with Crippen LogP contribution in [0.1, 0.15) is 24.5 Å². The van der Waals surface area contributed by atoms with Crippen LogP contribution < -0.4 is 10.0 Å². The van der Waals surface area contributed by atoms with E-state index in [1.807, 2.05) is 0 Å². The third-order valence-electron chi connectivity index (χ3n) is 2.64. The molecule has 0 fully saturated rings. The van der Waals surface area contributed by atoms with E-state index in [1.54, 1.807) is 23.6 Å². The largest absolute Gasteiger partial charge is 0.468 e. The number of thiophene rings is 1. The molecule has 5 nitrogen and oxygen atoms in total. The number of furan rings is 1. The molecular formula is C13H18N2O3S2. The second kappa shape index (κ2) is 6.53. The highest BCUT2D eigenvalue weighted by molar-refractivity contribution is 7.89. The minimum atomic E-state index is -3.48. The zero-order chi connectivity index (χ0) is 14.6. The monoisotopic (exact) mass is 314 g/mol. The van der Waals surface area contributed by atoms with Gasteiger partial charge in [-0.05, 0) is 18.2 Å². The Bertz CT molecular complexity index is 630. The Morgan fingerprint density at radius 3 is 2.80 bits per heavy atom. The smallest absolute Gasteiger partial charge is 0.241 e. The molecule has 0 bridgehead atoms. The molecule has 2 rings (SSSR count). The Labute approximate surface area is 123 Å². The molecule has 110 valence electrons. The van der Waals surface area contributed by atoms with Crippen LogP contribution in [-0.2, 0) is 23.1 Å². The predicted octanol–water partition coefficient (Wildman–Crippen LogP) is 2.32. The summed E-state index contributed by atoms with van der Waals surface area (Å²) in [6, 6.07) is 5.52. The van der Waals surface area contributed by atoms with Crippen LogP contribution in [-0.4, -0.2) is 14.5 Å². The second-order valence-electron chi connectivity index (χ2n) is 4.69. The third kappa shape index (κ3) is 4.17. The van der Waals surface area contributed by atoms with Crippen molar-refractivity contribution in [1.29, 1.82) is 0 Å². The molecule has 0 radical (unpaired) electrons. The van der Waals surface area contributed by atoms with Crippen LogP contribution in [0.3, 0.4) is 0 Å². The summed E-state index contributed by atoms with van der Waals surface area (Å²) in [5.74, 6) is 0.588. The number of hydrogen-bond acceptors (Lipinski definition) is 5. The van der Waals surface area contributed by atoms with Gasteiger partial charge in [-0.15, -0.1) is 11.3 Å². The fourth-order valence-electron chi connectivity index (χ4n) is 1.56. The van der Waals surface area contributed by atoms with E-state index in [1.165, 1.54) is 17.6 Å². The Morgan fingerprint density at radius 1 is 1.35 bits per heavy atom. The minimum absolute atomic E-state index is 0.157. The fraction of sp³-hybridized carbons (Fsp3) is 0.385. The van der Waals surface area contributed by atoms with Gasteiger partial charge in [-0.25, -0.2) is 13.1 Å². The lowest BCUT2D eigenvalue weighted by Crippen LogP contribution is -2.23. The van der Waals surface area contributed by atoms with Gasteiger partial charge < -0.3 is 9.73 Å². The topological polar surface area (TPSA) is 71.3 Å². The van der Waals surface area contributed by atoms with Crippen molar-refractivity contribution in [3.63, 3.8) is 0 Å². The zero-order valence-electron chi connectivity index (χ0n) is 11.4. The molecule has 0 aliphatic heterocycles. The summed E-state index contributed by atoms with van der Waals surface area (Å²) in [5.41, 5.74) is 0. The van der Waals surface area contributed by atoms with E-state index >= 15 is 0 Å². The van der Waals surface area contributed by atoms with Crippen LogP contribution in [0.2, 0.25) is 0 Å². The molecule has 2 N–H and O–H groups in total. The number of hydrogen-bond donors (Lipinski definition) is 2. The number of nitrogens with one attached hydrogen (secondary N) is 2. The summed E-state index contributed by atoms with van der Waals surface area (Å²) >= 11 is 1.44. The standard InChI is InChI=1S/C13H18N2O3S2/c1-10(2)14-8-12-6-13(9-19-12)20(16,17)15-7-11-4-3-5-18-11/h3-6,9-10,14-15H,7-8H2,1-2H3. The first-order valence-electron chi connectivity index (χ1n) is 6.30. The molecule has 0 aliphatic carbocycles. The van der Waals surface area contributed by atoms with E-state index < -0.39 is 10.0 Å². The molecule has 0 unspecified atom stereocenters. The predicted molar refractivity (Wildman–Crippen MR) is 79.0 cm³/mol. The molecule has 0 saturated heterocycles. The van der Waals surface area contributed by atoms with Crippen LogP contribution in [0.15, 0.2) is 39.2 Å². The molecule has 0 aliphatic rings. The van der Waals surface area contributed by atoms with E-state index in [9.17, 15) is 8.42 Å². The van der Waals surface area contributed by atoms with Crippen LogP contribution in [0.4, 0.5) is 0 Å². The van der Waals surface area contributed by atoms with Crippen molar-refractivity contribution in [2.24, 2.45) is 0 Å². The molecule has 0 saturated carbocycles. The van der Waals surface area contributed by atoms with E-state index in [-0.39, 0.29) is 6.54 Å². The maximum Gasteiger partial charge on any atom is 0.241 e. The molecule has 2 aromatic heterocycles. The Kier molecular flexibility index (Phi) is 4.98. The Hall–Kier alpha value is -1.15. The van der Waals surface area contributed by atoms with E-state index in [0.717, 1.165) is 4.88 Å². The lowest BCUT2D eigenvalue weighted by Gasteiger charge is -2.05. The number of rotatable bonds is 7. The lowest BCUT2D eigenvalue weighted by molar-refractivity contribution is 0.498. The van der Waals surface area contributed by atoms with Gasteiger partial charge in [0.15, 0.2) is 0 Å². The van der Waals surface area contributed by atoms with Crippen molar-refractivity contribution in [2.75, 3.05) is 0 Å². The van der Waals surface area contributed by atoms with E-state index in [2.05, 4.69) is 23.9 Å². The fourth-order valence-corrected chi connectivity index (χ4v) is 3.78. The molecule has 2 heterocycles. The first kappa shape index (κ1) is 15.2. The highest BCUT2D eigenvalue weighted by Gasteiger charge is 2.16. The third-order valence-corrected chi connectivity index (χ3v) is 5.11. The first-order valence-corrected chi connectivity index (χ1v) is 8.66. The van der Waals surface area contributed by atoms with Crippen molar-refractivity contribution in [3.05, 3.63) is 40.5 Å². The van der Waals surface area contributed by atoms with Crippen LogP contribution in [0.5, 0.6) is 0 Å². The van der Waals surface area contributed by atoms with Crippen molar-refractivity contribution in [1.82, 2.24) is 10.0 Å². The van der Waals surface area contributed by atoms with Gasteiger partial charge in [-0.1, -0.05) is 13.8 Å². The maximum atomic E-state index is 12.1. The molecule has 7 heteroatoms. The quantitative estimate of drug-likeness (QED) is 0.823.